The van der Waals surface area contributed by atoms with Crippen LogP contribution in [0.5, 0.6) is 0 Å². The van der Waals surface area contributed by atoms with Gasteiger partial charge in [-0.05, 0) is 38.7 Å². The van der Waals surface area contributed by atoms with E-state index in [-0.39, 0.29) is 0 Å². The summed E-state index contributed by atoms with van der Waals surface area (Å²) in [5, 5.41) is 3.41. The average molecular weight is 205 g/mol. The predicted octanol–water partition coefficient (Wildman–Crippen LogP) is 2.69. The molecule has 82 valence electrons. The Morgan fingerprint density at radius 2 is 2.00 bits per heavy atom. The second-order valence-electron chi connectivity index (χ2n) is 4.51. The third-order valence-electron chi connectivity index (χ3n) is 2.88. The van der Waals surface area contributed by atoms with Gasteiger partial charge in [0.05, 0.1) is 0 Å². The molecule has 1 saturated carbocycles. The fourth-order valence-corrected chi connectivity index (χ4v) is 2.07. The zero-order valence-corrected chi connectivity index (χ0v) is 9.75. The van der Waals surface area contributed by atoms with Crippen molar-refractivity contribution in [2.24, 2.45) is 5.92 Å². The van der Waals surface area contributed by atoms with Gasteiger partial charge in [-0.2, -0.15) is 0 Å². The van der Waals surface area contributed by atoms with E-state index in [0.717, 1.165) is 23.3 Å². The molecule has 0 amide bonds. The first kappa shape index (κ1) is 10.4. The standard InChI is InChI=1S/C12H19N3/c1-4-5-10-7-11(10)15-12-13-8(2)6-9(3)14-12/h6,10-11H,4-5,7H2,1-3H3,(H,13,14,15). The molecule has 0 aliphatic heterocycles. The number of hydrogen-bond donors (Lipinski definition) is 1. The summed E-state index contributed by atoms with van der Waals surface area (Å²) in [6.45, 7) is 6.26. The Morgan fingerprint density at radius 1 is 1.33 bits per heavy atom. The Balaban J connectivity index is 1.94. The normalized spacial score (nSPS) is 23.9. The second-order valence-corrected chi connectivity index (χ2v) is 4.51. The van der Waals surface area contributed by atoms with Crippen LogP contribution in [0.25, 0.3) is 0 Å². The monoisotopic (exact) mass is 205 g/mol. The Hall–Kier alpha value is -1.12. The van der Waals surface area contributed by atoms with Gasteiger partial charge in [-0.15, -0.1) is 0 Å². The van der Waals surface area contributed by atoms with Crippen molar-refractivity contribution >= 4 is 5.95 Å². The van der Waals surface area contributed by atoms with Gasteiger partial charge in [-0.25, -0.2) is 9.97 Å². The van der Waals surface area contributed by atoms with Crippen LogP contribution < -0.4 is 5.32 Å². The predicted molar refractivity (Wildman–Crippen MR) is 61.9 cm³/mol. The average Bonchev–Trinajstić information content (AvgIpc) is 2.82. The van der Waals surface area contributed by atoms with Crippen molar-refractivity contribution in [2.75, 3.05) is 5.32 Å². The summed E-state index contributed by atoms with van der Waals surface area (Å²) in [5.74, 6) is 1.65. The van der Waals surface area contributed by atoms with Crippen molar-refractivity contribution in [1.29, 1.82) is 0 Å². The van der Waals surface area contributed by atoms with E-state index in [0.29, 0.717) is 6.04 Å². The molecule has 0 saturated heterocycles. The van der Waals surface area contributed by atoms with Gasteiger partial charge in [0.1, 0.15) is 0 Å². The molecule has 0 spiro atoms. The molecule has 0 radical (unpaired) electrons. The number of aryl methyl sites for hydroxylation is 2. The molecule has 3 heteroatoms. The van der Waals surface area contributed by atoms with Gasteiger partial charge in [-0.3, -0.25) is 0 Å². The van der Waals surface area contributed by atoms with Crippen molar-refractivity contribution in [3.05, 3.63) is 17.5 Å². The maximum absolute atomic E-state index is 4.39. The number of rotatable bonds is 4. The van der Waals surface area contributed by atoms with Gasteiger partial charge in [-0.1, -0.05) is 13.3 Å². The number of aromatic nitrogens is 2. The molecule has 1 N–H and O–H groups in total. The van der Waals surface area contributed by atoms with Crippen LogP contribution in [0.15, 0.2) is 6.07 Å². The van der Waals surface area contributed by atoms with E-state index in [1.807, 2.05) is 19.9 Å². The van der Waals surface area contributed by atoms with Gasteiger partial charge in [0, 0.05) is 17.4 Å². The molecule has 1 aliphatic rings. The lowest BCUT2D eigenvalue weighted by Crippen LogP contribution is -2.09. The summed E-state index contributed by atoms with van der Waals surface area (Å²) in [4.78, 5) is 8.77. The Kier molecular flexibility index (Phi) is 2.89. The quantitative estimate of drug-likeness (QED) is 0.821. The molecular formula is C12H19N3. The molecule has 1 heterocycles. The van der Waals surface area contributed by atoms with E-state index in [2.05, 4.69) is 22.2 Å². The number of nitrogens with one attached hydrogen (secondary N) is 1. The molecule has 2 atom stereocenters. The fourth-order valence-electron chi connectivity index (χ4n) is 2.07. The fraction of sp³-hybridized carbons (Fsp3) is 0.667. The maximum Gasteiger partial charge on any atom is 0.223 e. The Morgan fingerprint density at radius 3 is 2.60 bits per heavy atom. The molecule has 1 aromatic rings. The number of nitrogens with zero attached hydrogens (tertiary/aromatic N) is 2. The molecule has 0 aromatic carbocycles. The van der Waals surface area contributed by atoms with Crippen molar-refractivity contribution in [3.8, 4) is 0 Å². The maximum atomic E-state index is 4.39. The number of anilines is 1. The largest absolute Gasteiger partial charge is 0.351 e. The molecule has 2 rings (SSSR count). The van der Waals surface area contributed by atoms with Gasteiger partial charge >= 0.3 is 0 Å². The van der Waals surface area contributed by atoms with E-state index < -0.39 is 0 Å². The van der Waals surface area contributed by atoms with E-state index in [4.69, 9.17) is 0 Å². The minimum Gasteiger partial charge on any atom is -0.351 e. The Bertz CT molecular complexity index is 328. The molecule has 2 unspecified atom stereocenters. The van der Waals surface area contributed by atoms with Crippen LogP contribution in [0.1, 0.15) is 37.6 Å². The van der Waals surface area contributed by atoms with Crippen LogP contribution in [0.4, 0.5) is 5.95 Å². The Labute approximate surface area is 91.3 Å². The van der Waals surface area contributed by atoms with Gasteiger partial charge in [0.15, 0.2) is 0 Å². The lowest BCUT2D eigenvalue weighted by molar-refractivity contribution is 0.691. The minimum atomic E-state index is 0.617. The van der Waals surface area contributed by atoms with Crippen molar-refractivity contribution in [2.45, 2.75) is 46.1 Å². The molecule has 1 fully saturated rings. The van der Waals surface area contributed by atoms with Crippen molar-refractivity contribution in [1.82, 2.24) is 9.97 Å². The zero-order valence-electron chi connectivity index (χ0n) is 9.75. The zero-order chi connectivity index (χ0) is 10.8. The second kappa shape index (κ2) is 4.17. The molecule has 1 aromatic heterocycles. The first-order valence-electron chi connectivity index (χ1n) is 5.78. The summed E-state index contributed by atoms with van der Waals surface area (Å²) in [5.41, 5.74) is 2.08. The van der Waals surface area contributed by atoms with Crippen LogP contribution in [-0.2, 0) is 0 Å². The first-order valence-corrected chi connectivity index (χ1v) is 5.78. The third kappa shape index (κ3) is 2.67. The minimum absolute atomic E-state index is 0.617. The third-order valence-corrected chi connectivity index (χ3v) is 2.88. The molecule has 0 bridgehead atoms. The summed E-state index contributed by atoms with van der Waals surface area (Å²) >= 11 is 0. The van der Waals surface area contributed by atoms with Crippen LogP contribution in [-0.4, -0.2) is 16.0 Å². The summed E-state index contributed by atoms with van der Waals surface area (Å²) < 4.78 is 0. The van der Waals surface area contributed by atoms with Crippen LogP contribution in [0, 0.1) is 19.8 Å². The molecular weight excluding hydrogens is 186 g/mol. The van der Waals surface area contributed by atoms with Gasteiger partial charge < -0.3 is 5.32 Å². The lowest BCUT2D eigenvalue weighted by Gasteiger charge is -2.05. The highest BCUT2D eigenvalue weighted by atomic mass is 15.1. The summed E-state index contributed by atoms with van der Waals surface area (Å²) in [7, 11) is 0. The van der Waals surface area contributed by atoms with E-state index in [1.165, 1.54) is 19.3 Å². The molecule has 15 heavy (non-hydrogen) atoms. The van der Waals surface area contributed by atoms with E-state index in [9.17, 15) is 0 Å². The highest BCUT2D eigenvalue weighted by Gasteiger charge is 2.36. The van der Waals surface area contributed by atoms with Crippen molar-refractivity contribution in [3.63, 3.8) is 0 Å². The molecule has 3 nitrogen and oxygen atoms in total. The summed E-state index contributed by atoms with van der Waals surface area (Å²) in [6, 6.07) is 2.62. The SMILES string of the molecule is CCCC1CC1Nc1nc(C)cc(C)n1. The highest BCUT2D eigenvalue weighted by Crippen LogP contribution is 2.36. The van der Waals surface area contributed by atoms with Crippen LogP contribution >= 0.6 is 0 Å². The topological polar surface area (TPSA) is 37.8 Å². The van der Waals surface area contributed by atoms with Crippen molar-refractivity contribution < 1.29 is 0 Å². The lowest BCUT2D eigenvalue weighted by atomic mass is 10.2. The van der Waals surface area contributed by atoms with E-state index in [1.54, 1.807) is 0 Å². The highest BCUT2D eigenvalue weighted by molar-refractivity contribution is 5.31. The molecule has 1 aliphatic carbocycles. The summed E-state index contributed by atoms with van der Waals surface area (Å²) in [6.07, 6.45) is 3.88. The first-order chi connectivity index (χ1) is 7.19. The van der Waals surface area contributed by atoms with Gasteiger partial charge in [0.25, 0.3) is 0 Å². The number of hydrogen-bond acceptors (Lipinski definition) is 3. The van der Waals surface area contributed by atoms with Crippen LogP contribution in [0.2, 0.25) is 0 Å². The van der Waals surface area contributed by atoms with Gasteiger partial charge in [0.2, 0.25) is 5.95 Å². The van der Waals surface area contributed by atoms with E-state index >= 15 is 0 Å². The van der Waals surface area contributed by atoms with Crippen LogP contribution in [0.3, 0.4) is 0 Å². The smallest absolute Gasteiger partial charge is 0.223 e.